The molecule has 0 aromatic heterocycles. The van der Waals surface area contributed by atoms with Crippen LogP contribution in [0, 0.1) is 0 Å². The van der Waals surface area contributed by atoms with Gasteiger partial charge in [-0.3, -0.25) is 4.79 Å². The molecule has 7 nitrogen and oxygen atoms in total. The maximum Gasteiger partial charge on any atom is 0.255 e. The van der Waals surface area contributed by atoms with Crippen LogP contribution < -0.4 is 14.8 Å². The van der Waals surface area contributed by atoms with Gasteiger partial charge in [0.2, 0.25) is 10.0 Å². The quantitative estimate of drug-likeness (QED) is 0.579. The average Bonchev–Trinajstić information content (AvgIpc) is 3.08. The topological polar surface area (TPSA) is 84.9 Å². The molecule has 1 heterocycles. The highest BCUT2D eigenvalue weighted by Crippen LogP contribution is 2.32. The first-order valence-electron chi connectivity index (χ1n) is 10.7. The summed E-state index contributed by atoms with van der Waals surface area (Å²) in [7, 11) is -2.28. The van der Waals surface area contributed by atoms with Crippen molar-refractivity contribution >= 4 is 21.6 Å². The molecule has 1 N–H and O–H groups in total. The van der Waals surface area contributed by atoms with Gasteiger partial charge in [0.1, 0.15) is 0 Å². The van der Waals surface area contributed by atoms with Gasteiger partial charge in [-0.2, -0.15) is 4.31 Å². The third kappa shape index (κ3) is 5.02. The van der Waals surface area contributed by atoms with Crippen molar-refractivity contribution in [1.82, 2.24) is 4.31 Å². The fourth-order valence-corrected chi connectivity index (χ4v) is 4.96. The van der Waals surface area contributed by atoms with Crippen LogP contribution >= 0.6 is 0 Å². The number of benzene rings is 3. The van der Waals surface area contributed by atoms with Gasteiger partial charge in [-0.1, -0.05) is 36.4 Å². The van der Waals surface area contributed by atoms with E-state index in [2.05, 4.69) is 5.32 Å². The highest BCUT2D eigenvalue weighted by Gasteiger charge is 2.27. The first-order valence-corrected chi connectivity index (χ1v) is 12.1. The number of carbonyl (C=O) groups is 1. The van der Waals surface area contributed by atoms with Crippen LogP contribution in [0.2, 0.25) is 0 Å². The summed E-state index contributed by atoms with van der Waals surface area (Å²) in [5.74, 6) is 0.785. The lowest BCUT2D eigenvalue weighted by molar-refractivity contribution is 0.102. The lowest BCUT2D eigenvalue weighted by atomic mass is 10.1. The Hall–Kier alpha value is -3.36. The number of carbonyl (C=O) groups excluding carboxylic acids is 1. The summed E-state index contributed by atoms with van der Waals surface area (Å²) in [5, 5.41) is 2.80. The zero-order valence-electron chi connectivity index (χ0n) is 18.5. The molecule has 0 unspecified atom stereocenters. The van der Waals surface area contributed by atoms with Gasteiger partial charge in [-0.25, -0.2) is 8.42 Å². The minimum Gasteiger partial charge on any atom is -0.490 e. The molecule has 3 aromatic rings. The van der Waals surface area contributed by atoms with E-state index < -0.39 is 15.9 Å². The Labute approximate surface area is 194 Å². The molecular formula is C25H26N2O5S. The number of hydrogen-bond acceptors (Lipinski definition) is 5. The molecular weight excluding hydrogens is 440 g/mol. The molecule has 0 bridgehead atoms. The van der Waals surface area contributed by atoms with Crippen LogP contribution in [-0.2, 0) is 10.0 Å². The van der Waals surface area contributed by atoms with Crippen LogP contribution in [-0.4, -0.2) is 38.9 Å². The highest BCUT2D eigenvalue weighted by molar-refractivity contribution is 7.89. The van der Waals surface area contributed by atoms with E-state index >= 15 is 0 Å². The van der Waals surface area contributed by atoms with E-state index in [0.29, 0.717) is 30.4 Å². The van der Waals surface area contributed by atoms with E-state index in [4.69, 9.17) is 9.47 Å². The highest BCUT2D eigenvalue weighted by atomic mass is 32.2. The zero-order chi connectivity index (χ0) is 23.4. The summed E-state index contributed by atoms with van der Waals surface area (Å²) in [6.45, 7) is 2.95. The summed E-state index contributed by atoms with van der Waals surface area (Å²) in [6.07, 6.45) is 0.787. The van der Waals surface area contributed by atoms with Crippen molar-refractivity contribution in [3.8, 4) is 11.5 Å². The third-order valence-electron chi connectivity index (χ3n) is 5.61. The molecule has 8 heteroatoms. The molecule has 1 aliphatic heterocycles. The number of ether oxygens (including phenoxy) is 2. The van der Waals surface area contributed by atoms with E-state index in [9.17, 15) is 13.2 Å². The monoisotopic (exact) mass is 466 g/mol. The Balaban J connectivity index is 1.53. The van der Waals surface area contributed by atoms with Crippen LogP contribution in [0.15, 0.2) is 77.7 Å². The van der Waals surface area contributed by atoms with Crippen molar-refractivity contribution in [1.29, 1.82) is 0 Å². The molecule has 33 heavy (non-hydrogen) atoms. The van der Waals surface area contributed by atoms with Crippen LogP contribution in [0.1, 0.15) is 35.3 Å². The van der Waals surface area contributed by atoms with Gasteiger partial charge in [0, 0.05) is 36.8 Å². The molecule has 1 aliphatic rings. The Morgan fingerprint density at radius 1 is 0.939 bits per heavy atom. The summed E-state index contributed by atoms with van der Waals surface area (Å²) >= 11 is 0. The van der Waals surface area contributed by atoms with Gasteiger partial charge in [-0.05, 0) is 42.8 Å². The first kappa shape index (κ1) is 22.8. The van der Waals surface area contributed by atoms with Crippen molar-refractivity contribution in [2.45, 2.75) is 24.3 Å². The molecule has 0 fully saturated rings. The molecule has 0 spiro atoms. The van der Waals surface area contributed by atoms with E-state index in [1.165, 1.54) is 23.5 Å². The fourth-order valence-electron chi connectivity index (χ4n) is 3.56. The van der Waals surface area contributed by atoms with Crippen LogP contribution in [0.3, 0.4) is 0 Å². The molecule has 1 atom stereocenters. The predicted molar refractivity (Wildman–Crippen MR) is 126 cm³/mol. The minimum atomic E-state index is -3.81. The summed E-state index contributed by atoms with van der Waals surface area (Å²) < 4.78 is 39.1. The molecule has 4 rings (SSSR count). The number of rotatable bonds is 6. The Kier molecular flexibility index (Phi) is 6.67. The lowest BCUT2D eigenvalue weighted by Crippen LogP contribution is -2.30. The second kappa shape index (κ2) is 9.64. The van der Waals surface area contributed by atoms with Crippen molar-refractivity contribution in [2.75, 3.05) is 25.6 Å². The number of hydrogen-bond donors (Lipinski definition) is 1. The van der Waals surface area contributed by atoms with Crippen molar-refractivity contribution < 1.29 is 22.7 Å². The SMILES string of the molecule is C[C@@H](c1ccccc1)N(C)S(=O)(=O)c1cccc(C(=O)Nc2ccc3c(c2)OCCCO3)c1. The second-order valence-electron chi connectivity index (χ2n) is 7.80. The molecule has 0 saturated carbocycles. The molecule has 0 saturated heterocycles. The van der Waals surface area contributed by atoms with Crippen molar-refractivity contribution in [3.63, 3.8) is 0 Å². The standard InChI is InChI=1S/C25H26N2O5S/c1-18(19-8-4-3-5-9-19)27(2)33(29,30)22-11-6-10-20(16-22)25(28)26-21-12-13-23-24(17-21)32-15-7-14-31-23/h3-6,8-13,16-18H,7,14-15H2,1-2H3,(H,26,28)/t18-/m0/s1. The van der Waals surface area contributed by atoms with Gasteiger partial charge < -0.3 is 14.8 Å². The van der Waals surface area contributed by atoms with Crippen molar-refractivity contribution in [2.24, 2.45) is 0 Å². The maximum atomic E-state index is 13.2. The van der Waals surface area contributed by atoms with Crippen molar-refractivity contribution in [3.05, 3.63) is 83.9 Å². The Morgan fingerprint density at radius 3 is 2.42 bits per heavy atom. The van der Waals surface area contributed by atoms with E-state index in [0.717, 1.165) is 12.0 Å². The van der Waals surface area contributed by atoms with E-state index in [-0.39, 0.29) is 16.5 Å². The minimum absolute atomic E-state index is 0.0547. The Bertz CT molecular complexity index is 1240. The Morgan fingerprint density at radius 2 is 1.67 bits per heavy atom. The molecule has 0 radical (unpaired) electrons. The smallest absolute Gasteiger partial charge is 0.255 e. The number of nitrogens with one attached hydrogen (secondary N) is 1. The van der Waals surface area contributed by atoms with Crippen LogP contribution in [0.4, 0.5) is 5.69 Å². The number of sulfonamides is 1. The second-order valence-corrected chi connectivity index (χ2v) is 9.80. The molecule has 172 valence electrons. The molecule has 1 amide bonds. The van der Waals surface area contributed by atoms with Crippen LogP contribution in [0.5, 0.6) is 11.5 Å². The summed E-state index contributed by atoms with van der Waals surface area (Å²) in [4.78, 5) is 12.9. The number of nitrogens with zero attached hydrogens (tertiary/aromatic N) is 1. The van der Waals surface area contributed by atoms with Gasteiger partial charge in [0.15, 0.2) is 11.5 Å². The van der Waals surface area contributed by atoms with Gasteiger partial charge in [0.25, 0.3) is 5.91 Å². The zero-order valence-corrected chi connectivity index (χ0v) is 19.3. The number of amides is 1. The average molecular weight is 467 g/mol. The molecule has 3 aromatic carbocycles. The lowest BCUT2D eigenvalue weighted by Gasteiger charge is -2.25. The predicted octanol–water partition coefficient (Wildman–Crippen LogP) is 4.48. The first-order chi connectivity index (χ1) is 15.9. The van der Waals surface area contributed by atoms with E-state index in [1.54, 1.807) is 30.3 Å². The largest absolute Gasteiger partial charge is 0.490 e. The van der Waals surface area contributed by atoms with Gasteiger partial charge in [0.05, 0.1) is 18.1 Å². The van der Waals surface area contributed by atoms with Gasteiger partial charge in [-0.15, -0.1) is 0 Å². The van der Waals surface area contributed by atoms with E-state index in [1.807, 2.05) is 37.3 Å². The third-order valence-corrected chi connectivity index (χ3v) is 7.53. The summed E-state index contributed by atoms with van der Waals surface area (Å²) in [5.41, 5.74) is 1.66. The number of fused-ring (bicyclic) bond motifs is 1. The fraction of sp³-hybridized carbons (Fsp3) is 0.240. The summed E-state index contributed by atoms with van der Waals surface area (Å²) in [6, 6.07) is 20.2. The normalized spacial score (nSPS) is 14.4. The number of anilines is 1. The maximum absolute atomic E-state index is 13.2. The van der Waals surface area contributed by atoms with Crippen LogP contribution in [0.25, 0.3) is 0 Å². The van der Waals surface area contributed by atoms with Gasteiger partial charge >= 0.3 is 0 Å². The molecule has 0 aliphatic carbocycles.